The molecule has 5 aromatic rings. The van der Waals surface area contributed by atoms with Gasteiger partial charge in [0.25, 0.3) is 0 Å². The van der Waals surface area contributed by atoms with Crippen molar-refractivity contribution in [2.75, 3.05) is 26.2 Å². The highest BCUT2D eigenvalue weighted by Gasteiger charge is 2.27. The Morgan fingerprint density at radius 2 is 1.62 bits per heavy atom. The normalized spacial score (nSPS) is 15.0. The first kappa shape index (κ1) is 29.0. The number of imidazole rings is 1. The van der Waals surface area contributed by atoms with E-state index in [4.69, 9.17) is 19.4 Å². The third kappa shape index (κ3) is 6.40. The smallest absolute Gasteiger partial charge is 0.356 e. The van der Waals surface area contributed by atoms with E-state index in [-0.39, 0.29) is 5.97 Å². The van der Waals surface area contributed by atoms with Crippen molar-refractivity contribution in [3.63, 3.8) is 0 Å². The number of carbonyl (C=O) groups excluding carboxylic acids is 1. The zero-order chi connectivity index (χ0) is 30.6. The molecule has 45 heavy (non-hydrogen) atoms. The third-order valence-corrected chi connectivity index (χ3v) is 8.96. The zero-order valence-corrected chi connectivity index (χ0v) is 25.7. The number of esters is 1. The number of hydrogen-bond donors (Lipinski definition) is 0. The quantitative estimate of drug-likeness (QED) is 0.181. The van der Waals surface area contributed by atoms with E-state index in [1.807, 2.05) is 31.2 Å². The van der Waals surface area contributed by atoms with E-state index < -0.39 is 0 Å². The number of allylic oxidation sites excluding steroid dienone is 1. The Bertz CT molecular complexity index is 1850. The minimum absolute atomic E-state index is 0.306. The van der Waals surface area contributed by atoms with Gasteiger partial charge in [0.05, 0.1) is 24.0 Å². The van der Waals surface area contributed by atoms with Crippen molar-refractivity contribution in [2.24, 2.45) is 0 Å². The summed E-state index contributed by atoms with van der Waals surface area (Å²) in [4.78, 5) is 24.9. The average molecular weight is 599 g/mol. The number of piperidine rings is 1. The van der Waals surface area contributed by atoms with Crippen LogP contribution < -0.4 is 4.74 Å². The fourth-order valence-electron chi connectivity index (χ4n) is 6.50. The maximum atomic E-state index is 12.9. The van der Waals surface area contributed by atoms with Gasteiger partial charge in [-0.1, -0.05) is 60.7 Å². The average Bonchev–Trinajstić information content (AvgIpc) is 3.42. The number of carbonyl (C=O) groups is 1. The molecular weight excluding hydrogens is 560 g/mol. The molecule has 0 aliphatic carbocycles. The fourth-order valence-corrected chi connectivity index (χ4v) is 6.50. The first-order valence-electron chi connectivity index (χ1n) is 15.9. The summed E-state index contributed by atoms with van der Waals surface area (Å²) in [6, 6.07) is 29.3. The molecule has 1 saturated heterocycles. The highest BCUT2D eigenvalue weighted by atomic mass is 16.5. The number of fused-ring (bicyclic) bond motifs is 3. The minimum Gasteiger partial charge on any atom is -0.487 e. The van der Waals surface area contributed by atoms with E-state index >= 15 is 0 Å². The van der Waals surface area contributed by atoms with Gasteiger partial charge >= 0.3 is 5.97 Å². The van der Waals surface area contributed by atoms with E-state index in [9.17, 15) is 4.79 Å². The number of ether oxygens (including phenoxy) is 2. The molecule has 0 saturated carbocycles. The monoisotopic (exact) mass is 598 g/mol. The molecule has 0 unspecified atom stereocenters. The lowest BCUT2D eigenvalue weighted by atomic mass is 9.95. The summed E-state index contributed by atoms with van der Waals surface area (Å²) in [5, 5.41) is 1.14. The molecular formula is C38H38N4O3. The van der Waals surface area contributed by atoms with Crippen LogP contribution in [-0.4, -0.2) is 51.6 Å². The van der Waals surface area contributed by atoms with Crippen LogP contribution in [0.2, 0.25) is 0 Å². The first-order chi connectivity index (χ1) is 22.1. The van der Waals surface area contributed by atoms with Crippen molar-refractivity contribution in [2.45, 2.75) is 45.6 Å². The highest BCUT2D eigenvalue weighted by molar-refractivity contribution is 5.89. The Hall–Kier alpha value is -4.75. The van der Waals surface area contributed by atoms with Crippen LogP contribution in [0.3, 0.4) is 0 Å². The molecule has 3 aromatic carbocycles. The number of aromatic nitrogens is 3. The van der Waals surface area contributed by atoms with Crippen LogP contribution >= 0.6 is 0 Å². The van der Waals surface area contributed by atoms with Gasteiger partial charge in [-0.25, -0.2) is 14.8 Å². The molecule has 2 aromatic heterocycles. The maximum absolute atomic E-state index is 12.9. The standard InChI is InChI=1S/C38H38N4O3/c1-2-44-38(43)36-25-39-37-24-31-9-4-3-8-30(31)23-35(42(36)37)29-18-21-41(22-19-29)20-17-27-11-15-33(16-12-27)45-26-32-14-13-28-7-5-6-10-34(28)40-32/h3-16,25H,2,17-24,26H2,1H3. The van der Waals surface area contributed by atoms with Gasteiger partial charge in [-0.15, -0.1) is 0 Å². The first-order valence-corrected chi connectivity index (χ1v) is 15.9. The highest BCUT2D eigenvalue weighted by Crippen LogP contribution is 2.33. The van der Waals surface area contributed by atoms with Crippen molar-refractivity contribution < 1.29 is 14.3 Å². The topological polar surface area (TPSA) is 69.5 Å². The van der Waals surface area contributed by atoms with Gasteiger partial charge in [-0.2, -0.15) is 0 Å². The lowest BCUT2D eigenvalue weighted by Gasteiger charge is -2.30. The van der Waals surface area contributed by atoms with Gasteiger partial charge < -0.3 is 14.4 Å². The molecule has 2 aliphatic rings. The van der Waals surface area contributed by atoms with Gasteiger partial charge in [0.2, 0.25) is 0 Å². The molecule has 7 heteroatoms. The van der Waals surface area contributed by atoms with E-state index in [1.165, 1.54) is 28.0 Å². The van der Waals surface area contributed by atoms with Gasteiger partial charge in [0.1, 0.15) is 18.2 Å². The number of hydrogen-bond acceptors (Lipinski definition) is 6. The molecule has 0 atom stereocenters. The van der Waals surface area contributed by atoms with Crippen LogP contribution in [-0.2, 0) is 30.6 Å². The van der Waals surface area contributed by atoms with Crippen LogP contribution in [0.5, 0.6) is 5.75 Å². The van der Waals surface area contributed by atoms with E-state index in [2.05, 4.69) is 70.1 Å². The predicted molar refractivity (Wildman–Crippen MR) is 176 cm³/mol. The van der Waals surface area contributed by atoms with E-state index in [1.54, 1.807) is 6.20 Å². The fraction of sp³-hybridized carbons (Fsp3) is 0.289. The van der Waals surface area contributed by atoms with Crippen LogP contribution in [0.25, 0.3) is 16.6 Å². The lowest BCUT2D eigenvalue weighted by molar-refractivity contribution is 0.0517. The molecule has 0 spiro atoms. The van der Waals surface area contributed by atoms with E-state index in [0.29, 0.717) is 25.3 Å². The number of rotatable bonds is 8. The number of para-hydroxylation sites is 1. The molecule has 228 valence electrons. The van der Waals surface area contributed by atoms with Crippen LogP contribution in [0, 0.1) is 0 Å². The van der Waals surface area contributed by atoms with Gasteiger partial charge in [0, 0.05) is 43.6 Å². The SMILES string of the molecule is CCOC(=O)c1cnc2n1C(=C1CCN(CCc3ccc(OCc4ccc5ccccc5n4)cc3)CC1)Cc1ccccc1C2. The maximum Gasteiger partial charge on any atom is 0.356 e. The second kappa shape index (κ2) is 13.1. The molecule has 7 rings (SSSR count). The molecule has 4 heterocycles. The predicted octanol–water partition coefficient (Wildman–Crippen LogP) is 6.88. The van der Waals surface area contributed by atoms with Gasteiger partial charge in [0.15, 0.2) is 5.69 Å². The minimum atomic E-state index is -0.306. The van der Waals surface area contributed by atoms with Crippen molar-refractivity contribution in [1.82, 2.24) is 19.4 Å². The zero-order valence-electron chi connectivity index (χ0n) is 25.7. The molecule has 2 aliphatic heterocycles. The second-order valence-electron chi connectivity index (χ2n) is 11.8. The Labute approximate surface area is 264 Å². The van der Waals surface area contributed by atoms with Crippen LogP contribution in [0.1, 0.15) is 58.5 Å². The molecule has 0 bridgehead atoms. The summed E-state index contributed by atoms with van der Waals surface area (Å²) in [6.45, 7) is 5.65. The molecule has 0 N–H and O–H groups in total. The van der Waals surface area contributed by atoms with E-state index in [0.717, 1.165) is 73.5 Å². The summed E-state index contributed by atoms with van der Waals surface area (Å²) in [7, 11) is 0. The Kier molecular flexibility index (Phi) is 8.43. The van der Waals surface area contributed by atoms with Crippen molar-refractivity contribution in [3.8, 4) is 5.75 Å². The second-order valence-corrected chi connectivity index (χ2v) is 11.8. The lowest BCUT2D eigenvalue weighted by Crippen LogP contribution is -2.33. The summed E-state index contributed by atoms with van der Waals surface area (Å²) in [5.74, 6) is 1.46. The number of benzene rings is 3. The third-order valence-electron chi connectivity index (χ3n) is 8.96. The van der Waals surface area contributed by atoms with Gasteiger partial charge in [-0.05, 0) is 72.7 Å². The number of nitrogens with zero attached hydrogens (tertiary/aromatic N) is 4. The molecule has 7 nitrogen and oxygen atoms in total. The summed E-state index contributed by atoms with van der Waals surface area (Å²) in [5.41, 5.74) is 8.94. The van der Waals surface area contributed by atoms with Crippen molar-refractivity contribution >= 4 is 22.6 Å². The largest absolute Gasteiger partial charge is 0.487 e. The summed E-state index contributed by atoms with van der Waals surface area (Å²) in [6.07, 6.45) is 6.15. The van der Waals surface area contributed by atoms with Crippen molar-refractivity contribution in [3.05, 3.63) is 131 Å². The molecule has 0 radical (unpaired) electrons. The summed E-state index contributed by atoms with van der Waals surface area (Å²) < 4.78 is 13.5. The molecule has 0 amide bonds. The van der Waals surface area contributed by atoms with Crippen molar-refractivity contribution in [1.29, 1.82) is 0 Å². The van der Waals surface area contributed by atoms with Crippen LogP contribution in [0.15, 0.2) is 96.7 Å². The Morgan fingerprint density at radius 3 is 2.42 bits per heavy atom. The summed E-state index contributed by atoms with van der Waals surface area (Å²) >= 11 is 0. The molecule has 1 fully saturated rings. The number of likely N-dealkylation sites (tertiary alicyclic amines) is 1. The number of pyridine rings is 1. The van der Waals surface area contributed by atoms with Crippen LogP contribution in [0.4, 0.5) is 0 Å². The van der Waals surface area contributed by atoms with Gasteiger partial charge in [-0.3, -0.25) is 4.57 Å². The Balaban J connectivity index is 0.981. The Morgan fingerprint density at radius 1 is 0.867 bits per heavy atom.